The molecule has 232 valence electrons. The zero-order valence-corrected chi connectivity index (χ0v) is 26.6. The molecule has 1 saturated carbocycles. The van der Waals surface area contributed by atoms with Gasteiger partial charge in [0.2, 0.25) is 15.8 Å². The molecule has 1 aliphatic carbocycles. The van der Waals surface area contributed by atoms with Crippen LogP contribution in [0.3, 0.4) is 0 Å². The summed E-state index contributed by atoms with van der Waals surface area (Å²) in [5.41, 5.74) is 1.97. The van der Waals surface area contributed by atoms with Gasteiger partial charge in [-0.2, -0.15) is 14.1 Å². The number of sulfone groups is 1. The van der Waals surface area contributed by atoms with Crippen LogP contribution >= 0.6 is 11.6 Å². The highest BCUT2D eigenvalue weighted by molar-refractivity contribution is 7.90. The minimum absolute atomic E-state index is 0.0166. The van der Waals surface area contributed by atoms with Gasteiger partial charge in [-0.05, 0) is 48.7 Å². The maximum atomic E-state index is 13.6. The average Bonchev–Trinajstić information content (AvgIpc) is 3.68. The molecule has 1 N–H and O–H groups in total. The van der Waals surface area contributed by atoms with E-state index in [-0.39, 0.29) is 42.3 Å². The number of aromatic nitrogens is 2. The van der Waals surface area contributed by atoms with E-state index in [2.05, 4.69) is 17.3 Å². The number of ether oxygens (including phenoxy) is 1. The standard InChI is InChI=1S/C29H36ClN5O6S2/c1-29(9-10-29)21-41-27-26(19-32-35(28(27)36)25-8-4-6-23(30)18-25)33-12-14-34(15-13-33)43(39,40)20-22-5-3-7-24(17-22)31-11-16-42(2,37)38/h3-8,17-19,31H,9-16,20-21H2,1-2H3. The largest absolute Gasteiger partial charge is 0.486 e. The summed E-state index contributed by atoms with van der Waals surface area (Å²) in [6.07, 6.45) is 4.84. The van der Waals surface area contributed by atoms with Crippen LogP contribution in [0.15, 0.2) is 59.5 Å². The van der Waals surface area contributed by atoms with Crippen molar-refractivity contribution in [3.05, 3.63) is 75.7 Å². The Morgan fingerprint density at radius 1 is 1.02 bits per heavy atom. The molecule has 11 nitrogen and oxygen atoms in total. The molecule has 2 heterocycles. The molecule has 1 aromatic heterocycles. The first-order chi connectivity index (χ1) is 20.3. The molecule has 2 aliphatic rings. The molecular weight excluding hydrogens is 614 g/mol. The zero-order valence-electron chi connectivity index (χ0n) is 24.2. The fourth-order valence-corrected chi connectivity index (χ4v) is 7.01. The summed E-state index contributed by atoms with van der Waals surface area (Å²) in [4.78, 5) is 15.6. The Kier molecular flexibility index (Phi) is 9.07. The first kappa shape index (κ1) is 31.3. The third-order valence-corrected chi connectivity index (χ3v) is 10.7. The summed E-state index contributed by atoms with van der Waals surface area (Å²) in [6.45, 7) is 3.97. The molecule has 0 amide bonds. The van der Waals surface area contributed by atoms with Crippen molar-refractivity contribution in [1.29, 1.82) is 0 Å². The number of anilines is 2. The summed E-state index contributed by atoms with van der Waals surface area (Å²) >= 11 is 6.15. The van der Waals surface area contributed by atoms with E-state index in [1.54, 1.807) is 54.7 Å². The lowest BCUT2D eigenvalue weighted by molar-refractivity contribution is 0.242. The summed E-state index contributed by atoms with van der Waals surface area (Å²) in [5, 5.41) is 7.92. The molecular formula is C29H36ClN5O6S2. The molecule has 0 bridgehead atoms. The minimum Gasteiger partial charge on any atom is -0.486 e. The van der Waals surface area contributed by atoms with Crippen molar-refractivity contribution in [2.45, 2.75) is 25.5 Å². The number of sulfonamides is 1. The van der Waals surface area contributed by atoms with Gasteiger partial charge in [0.15, 0.2) is 0 Å². The fraction of sp³-hybridized carbons (Fsp3) is 0.448. The van der Waals surface area contributed by atoms with Gasteiger partial charge in [-0.25, -0.2) is 16.8 Å². The van der Waals surface area contributed by atoms with E-state index in [4.69, 9.17) is 16.3 Å². The van der Waals surface area contributed by atoms with Crippen LogP contribution in [0, 0.1) is 5.41 Å². The third kappa shape index (κ3) is 8.08. The lowest BCUT2D eigenvalue weighted by Gasteiger charge is -2.35. The molecule has 2 fully saturated rings. The van der Waals surface area contributed by atoms with Gasteiger partial charge < -0.3 is 15.0 Å². The average molecular weight is 650 g/mol. The molecule has 43 heavy (non-hydrogen) atoms. The number of hydrogen-bond acceptors (Lipinski definition) is 9. The normalized spacial score (nSPS) is 17.0. The Labute approximate surface area is 257 Å². The fourth-order valence-electron chi connectivity index (χ4n) is 4.85. The monoisotopic (exact) mass is 649 g/mol. The molecule has 1 saturated heterocycles. The Morgan fingerprint density at radius 2 is 1.74 bits per heavy atom. The first-order valence-electron chi connectivity index (χ1n) is 14.1. The number of piperazine rings is 1. The number of nitrogens with zero attached hydrogens (tertiary/aromatic N) is 4. The van der Waals surface area contributed by atoms with Gasteiger partial charge in [0.1, 0.15) is 15.5 Å². The molecule has 0 radical (unpaired) electrons. The number of nitrogens with one attached hydrogen (secondary N) is 1. The number of benzene rings is 2. The van der Waals surface area contributed by atoms with Gasteiger partial charge in [0.25, 0.3) is 0 Å². The van der Waals surface area contributed by atoms with E-state index in [0.29, 0.717) is 47.3 Å². The molecule has 3 aromatic rings. The Hall–Kier alpha value is -3.13. The molecule has 0 unspecified atom stereocenters. The van der Waals surface area contributed by atoms with Gasteiger partial charge in [0.05, 0.1) is 30.0 Å². The summed E-state index contributed by atoms with van der Waals surface area (Å²) in [6, 6.07) is 13.8. The van der Waals surface area contributed by atoms with Crippen LogP contribution < -0.4 is 20.5 Å². The van der Waals surface area contributed by atoms with E-state index >= 15 is 0 Å². The van der Waals surface area contributed by atoms with E-state index in [1.165, 1.54) is 15.2 Å². The van der Waals surface area contributed by atoms with Gasteiger partial charge in [-0.1, -0.05) is 36.7 Å². The second-order valence-electron chi connectivity index (χ2n) is 11.6. The SMILES string of the molecule is CC1(COc2c(N3CCN(S(=O)(=O)Cc4cccc(NCCS(C)(=O)=O)c4)CC3)cnn(-c3cccc(Cl)c3)c2=O)CC1. The molecule has 0 atom stereocenters. The lowest BCUT2D eigenvalue weighted by atomic mass is 10.2. The second-order valence-corrected chi connectivity index (χ2v) is 16.2. The van der Waals surface area contributed by atoms with Crippen molar-refractivity contribution < 1.29 is 21.6 Å². The number of rotatable bonds is 12. The van der Waals surface area contributed by atoms with Crippen LogP contribution in [0.4, 0.5) is 11.4 Å². The highest BCUT2D eigenvalue weighted by Gasteiger charge is 2.39. The number of halogens is 1. The molecule has 14 heteroatoms. The number of hydrogen-bond donors (Lipinski definition) is 1. The Balaban J connectivity index is 1.28. The molecule has 0 spiro atoms. The van der Waals surface area contributed by atoms with E-state index in [0.717, 1.165) is 12.8 Å². The van der Waals surface area contributed by atoms with E-state index in [1.807, 2.05) is 4.90 Å². The van der Waals surface area contributed by atoms with Crippen molar-refractivity contribution >= 4 is 42.8 Å². The second kappa shape index (κ2) is 12.5. The van der Waals surface area contributed by atoms with Crippen LogP contribution in [0.5, 0.6) is 5.75 Å². The predicted molar refractivity (Wildman–Crippen MR) is 169 cm³/mol. The predicted octanol–water partition coefficient (Wildman–Crippen LogP) is 3.17. The first-order valence-corrected chi connectivity index (χ1v) is 18.1. The topological polar surface area (TPSA) is 131 Å². The Morgan fingerprint density at radius 3 is 2.42 bits per heavy atom. The lowest BCUT2D eigenvalue weighted by Crippen LogP contribution is -2.49. The van der Waals surface area contributed by atoms with E-state index < -0.39 is 25.4 Å². The van der Waals surface area contributed by atoms with Crippen molar-refractivity contribution in [1.82, 2.24) is 14.1 Å². The summed E-state index contributed by atoms with van der Waals surface area (Å²) in [7, 11) is -6.74. The molecule has 1 aliphatic heterocycles. The maximum absolute atomic E-state index is 13.6. The quantitative estimate of drug-likeness (QED) is 0.314. The molecule has 2 aromatic carbocycles. The van der Waals surface area contributed by atoms with Crippen LogP contribution in [0.2, 0.25) is 5.02 Å². The van der Waals surface area contributed by atoms with Gasteiger partial charge in [0, 0.05) is 55.1 Å². The van der Waals surface area contributed by atoms with Crippen LogP contribution in [-0.4, -0.2) is 82.3 Å². The third-order valence-electron chi connectivity index (χ3n) is 7.69. The maximum Gasteiger partial charge on any atom is 0.316 e. The molecule has 5 rings (SSSR count). The summed E-state index contributed by atoms with van der Waals surface area (Å²) in [5.74, 6) is -0.00431. The van der Waals surface area contributed by atoms with Gasteiger partial charge >= 0.3 is 5.56 Å². The van der Waals surface area contributed by atoms with Crippen LogP contribution in [0.25, 0.3) is 5.69 Å². The highest BCUT2D eigenvalue weighted by Crippen LogP contribution is 2.45. The van der Waals surface area contributed by atoms with Crippen molar-refractivity contribution in [2.75, 3.05) is 61.6 Å². The Bertz CT molecular complexity index is 1750. The van der Waals surface area contributed by atoms with Crippen molar-refractivity contribution in [3.8, 4) is 11.4 Å². The minimum atomic E-state index is -3.63. The van der Waals surface area contributed by atoms with E-state index in [9.17, 15) is 21.6 Å². The summed E-state index contributed by atoms with van der Waals surface area (Å²) < 4.78 is 58.3. The smallest absolute Gasteiger partial charge is 0.316 e. The highest BCUT2D eigenvalue weighted by atomic mass is 35.5. The van der Waals surface area contributed by atoms with Crippen LogP contribution in [-0.2, 0) is 25.6 Å². The zero-order chi connectivity index (χ0) is 30.8. The van der Waals surface area contributed by atoms with Crippen molar-refractivity contribution in [3.63, 3.8) is 0 Å². The van der Waals surface area contributed by atoms with Gasteiger partial charge in [-0.15, -0.1) is 0 Å². The van der Waals surface area contributed by atoms with Gasteiger partial charge in [-0.3, -0.25) is 4.79 Å². The van der Waals surface area contributed by atoms with Crippen LogP contribution in [0.1, 0.15) is 25.3 Å². The van der Waals surface area contributed by atoms with Crippen molar-refractivity contribution in [2.24, 2.45) is 5.41 Å².